The number of hydrogen-bond donors (Lipinski definition) is 1. The highest BCUT2D eigenvalue weighted by Gasteiger charge is 2.33. The van der Waals surface area contributed by atoms with E-state index in [0.717, 1.165) is 19.6 Å². The number of tetrazole rings is 1. The minimum absolute atomic E-state index is 0.111. The Balaban J connectivity index is 1.70. The fraction of sp³-hybridized carbons (Fsp3) is 0.778. The number of H-pyrrole nitrogens is 1. The van der Waals surface area contributed by atoms with Crippen molar-refractivity contribution in [3.63, 3.8) is 0 Å². The van der Waals surface area contributed by atoms with Gasteiger partial charge in [-0.1, -0.05) is 0 Å². The largest absolute Gasteiger partial charge is 0.333 e. The number of carbonyl (C=O) groups is 1. The van der Waals surface area contributed by atoms with E-state index >= 15 is 0 Å². The van der Waals surface area contributed by atoms with Crippen molar-refractivity contribution in [2.75, 3.05) is 26.2 Å². The third kappa shape index (κ3) is 1.57. The van der Waals surface area contributed by atoms with Crippen LogP contribution in [0.3, 0.4) is 0 Å². The van der Waals surface area contributed by atoms with E-state index in [0.29, 0.717) is 6.04 Å². The molecule has 7 nitrogen and oxygen atoms in total. The predicted molar refractivity (Wildman–Crippen MR) is 54.7 cm³/mol. The highest BCUT2D eigenvalue weighted by atomic mass is 16.2. The number of nitrogens with one attached hydrogen (secondary N) is 1. The number of fused-ring (bicyclic) bond motifs is 1. The molecule has 1 unspecified atom stereocenters. The van der Waals surface area contributed by atoms with Crippen LogP contribution < -0.4 is 0 Å². The highest BCUT2D eigenvalue weighted by Crippen LogP contribution is 2.21. The molecule has 0 aromatic carbocycles. The summed E-state index contributed by atoms with van der Waals surface area (Å²) < 4.78 is 0. The molecule has 2 saturated heterocycles. The maximum absolute atomic E-state index is 12.0. The number of carbonyl (C=O) groups excluding carboxylic acids is 1. The molecule has 0 saturated carbocycles. The lowest BCUT2D eigenvalue weighted by Crippen LogP contribution is -2.52. The first-order valence-electron chi connectivity index (χ1n) is 5.61. The monoisotopic (exact) mass is 222 g/mol. The van der Waals surface area contributed by atoms with E-state index in [2.05, 4.69) is 25.5 Å². The van der Waals surface area contributed by atoms with Crippen LogP contribution in [0.15, 0.2) is 0 Å². The fourth-order valence-electron chi connectivity index (χ4n) is 2.57. The van der Waals surface area contributed by atoms with Crippen molar-refractivity contribution < 1.29 is 4.79 Å². The normalized spacial score (nSPS) is 25.8. The molecule has 2 aliphatic heterocycles. The molecule has 1 aromatic heterocycles. The van der Waals surface area contributed by atoms with E-state index in [1.165, 1.54) is 19.4 Å². The molecule has 1 amide bonds. The fourth-order valence-corrected chi connectivity index (χ4v) is 2.57. The van der Waals surface area contributed by atoms with Crippen molar-refractivity contribution in [1.82, 2.24) is 30.4 Å². The van der Waals surface area contributed by atoms with Crippen LogP contribution in [0.4, 0.5) is 0 Å². The molecular formula is C9H14N6O. The lowest BCUT2D eigenvalue weighted by atomic mass is 10.1. The number of hydrogen-bond acceptors (Lipinski definition) is 5. The Labute approximate surface area is 92.8 Å². The van der Waals surface area contributed by atoms with Gasteiger partial charge in [-0.3, -0.25) is 9.69 Å². The number of aromatic amines is 1. The van der Waals surface area contributed by atoms with E-state index in [4.69, 9.17) is 0 Å². The van der Waals surface area contributed by atoms with Crippen LogP contribution in [0.25, 0.3) is 0 Å². The Morgan fingerprint density at radius 2 is 2.31 bits per heavy atom. The van der Waals surface area contributed by atoms with Crippen molar-refractivity contribution in [2.24, 2.45) is 0 Å². The SMILES string of the molecule is O=C(c1nn[nH]n1)N1CCN2CCCC2C1. The summed E-state index contributed by atoms with van der Waals surface area (Å²) in [4.78, 5) is 16.3. The first kappa shape index (κ1) is 9.71. The van der Waals surface area contributed by atoms with Gasteiger partial charge in [-0.2, -0.15) is 5.21 Å². The van der Waals surface area contributed by atoms with Gasteiger partial charge < -0.3 is 4.90 Å². The van der Waals surface area contributed by atoms with Gasteiger partial charge in [0.15, 0.2) is 0 Å². The predicted octanol–water partition coefficient (Wildman–Crippen LogP) is -0.880. The van der Waals surface area contributed by atoms with Crippen LogP contribution in [0.2, 0.25) is 0 Å². The molecule has 0 spiro atoms. The minimum Gasteiger partial charge on any atom is -0.333 e. The first-order valence-corrected chi connectivity index (χ1v) is 5.61. The molecule has 2 fully saturated rings. The highest BCUT2D eigenvalue weighted by molar-refractivity contribution is 5.90. The third-order valence-electron chi connectivity index (χ3n) is 3.41. The lowest BCUT2D eigenvalue weighted by molar-refractivity contribution is 0.0560. The zero-order chi connectivity index (χ0) is 11.0. The summed E-state index contributed by atoms with van der Waals surface area (Å²) in [5.74, 6) is 0.0618. The Hall–Kier alpha value is -1.50. The molecular weight excluding hydrogens is 208 g/mol. The van der Waals surface area contributed by atoms with Crippen LogP contribution >= 0.6 is 0 Å². The molecule has 3 heterocycles. The zero-order valence-corrected chi connectivity index (χ0v) is 8.96. The number of rotatable bonds is 1. The van der Waals surface area contributed by atoms with Crippen molar-refractivity contribution in [3.05, 3.63) is 5.82 Å². The number of piperazine rings is 1. The summed E-state index contributed by atoms with van der Waals surface area (Å²) in [6, 6.07) is 0.532. The maximum atomic E-state index is 12.0. The summed E-state index contributed by atoms with van der Waals surface area (Å²) in [6.45, 7) is 3.71. The van der Waals surface area contributed by atoms with Crippen molar-refractivity contribution in [2.45, 2.75) is 18.9 Å². The zero-order valence-electron chi connectivity index (χ0n) is 8.96. The van der Waals surface area contributed by atoms with Gasteiger partial charge in [0, 0.05) is 25.7 Å². The summed E-state index contributed by atoms with van der Waals surface area (Å²) in [6.07, 6.45) is 2.44. The number of nitrogens with zero attached hydrogens (tertiary/aromatic N) is 5. The molecule has 0 aliphatic carbocycles. The standard InChI is InChI=1S/C9H14N6O/c16-9(8-10-12-13-11-8)15-5-4-14-3-1-2-7(14)6-15/h7H,1-6H2,(H,10,11,12,13). The smallest absolute Gasteiger partial charge is 0.295 e. The molecule has 1 N–H and O–H groups in total. The van der Waals surface area contributed by atoms with Crippen LogP contribution in [0.1, 0.15) is 23.5 Å². The molecule has 1 aromatic rings. The van der Waals surface area contributed by atoms with Crippen LogP contribution in [-0.4, -0.2) is 68.6 Å². The Morgan fingerprint density at radius 1 is 1.38 bits per heavy atom. The molecule has 0 radical (unpaired) electrons. The molecule has 2 aliphatic rings. The molecule has 16 heavy (non-hydrogen) atoms. The van der Waals surface area contributed by atoms with Gasteiger partial charge in [0.2, 0.25) is 0 Å². The van der Waals surface area contributed by atoms with E-state index in [-0.39, 0.29) is 11.7 Å². The Bertz CT molecular complexity index is 377. The second-order valence-corrected chi connectivity index (χ2v) is 4.32. The molecule has 7 heteroatoms. The summed E-state index contributed by atoms with van der Waals surface area (Å²) >= 11 is 0. The second-order valence-electron chi connectivity index (χ2n) is 4.32. The Kier molecular flexibility index (Phi) is 2.32. The maximum Gasteiger partial charge on any atom is 0.295 e. The van der Waals surface area contributed by atoms with Gasteiger partial charge in [-0.05, 0) is 24.6 Å². The quantitative estimate of drug-likeness (QED) is 0.667. The average molecular weight is 222 g/mol. The van der Waals surface area contributed by atoms with Gasteiger partial charge >= 0.3 is 0 Å². The number of amides is 1. The molecule has 0 bridgehead atoms. The van der Waals surface area contributed by atoms with Crippen molar-refractivity contribution in [1.29, 1.82) is 0 Å². The molecule has 86 valence electrons. The van der Waals surface area contributed by atoms with Gasteiger partial charge in [0.1, 0.15) is 0 Å². The third-order valence-corrected chi connectivity index (χ3v) is 3.41. The first-order chi connectivity index (χ1) is 7.84. The van der Waals surface area contributed by atoms with E-state index in [1.807, 2.05) is 4.90 Å². The topological polar surface area (TPSA) is 78.0 Å². The minimum atomic E-state index is -0.111. The van der Waals surface area contributed by atoms with E-state index in [9.17, 15) is 4.79 Å². The van der Waals surface area contributed by atoms with Crippen molar-refractivity contribution in [3.8, 4) is 0 Å². The van der Waals surface area contributed by atoms with Gasteiger partial charge in [0.05, 0.1) is 0 Å². The second kappa shape index (κ2) is 3.82. The van der Waals surface area contributed by atoms with E-state index in [1.54, 1.807) is 0 Å². The van der Waals surface area contributed by atoms with Gasteiger partial charge in [-0.15, -0.1) is 10.2 Å². The van der Waals surface area contributed by atoms with E-state index < -0.39 is 0 Å². The van der Waals surface area contributed by atoms with Crippen LogP contribution in [0, 0.1) is 0 Å². The van der Waals surface area contributed by atoms with Gasteiger partial charge in [-0.25, -0.2) is 0 Å². The molecule has 1 atom stereocenters. The molecule has 3 rings (SSSR count). The number of aromatic nitrogens is 4. The van der Waals surface area contributed by atoms with Gasteiger partial charge in [0.25, 0.3) is 11.7 Å². The Morgan fingerprint density at radius 3 is 3.12 bits per heavy atom. The van der Waals surface area contributed by atoms with Crippen LogP contribution in [-0.2, 0) is 0 Å². The average Bonchev–Trinajstić information content (AvgIpc) is 2.98. The summed E-state index contributed by atoms with van der Waals surface area (Å²) in [5, 5.41) is 13.2. The van der Waals surface area contributed by atoms with Crippen molar-refractivity contribution >= 4 is 5.91 Å². The summed E-state index contributed by atoms with van der Waals surface area (Å²) in [7, 11) is 0. The van der Waals surface area contributed by atoms with Crippen LogP contribution in [0.5, 0.6) is 0 Å². The lowest BCUT2D eigenvalue weighted by Gasteiger charge is -2.36. The summed E-state index contributed by atoms with van der Waals surface area (Å²) in [5.41, 5.74) is 0.